The van der Waals surface area contributed by atoms with E-state index in [2.05, 4.69) is 20.3 Å². The molecule has 2 N–H and O–H groups in total. The van der Waals surface area contributed by atoms with E-state index in [0.29, 0.717) is 22.8 Å². The van der Waals surface area contributed by atoms with Gasteiger partial charge in [0.2, 0.25) is 0 Å². The van der Waals surface area contributed by atoms with Gasteiger partial charge in [0.05, 0.1) is 11.7 Å². The summed E-state index contributed by atoms with van der Waals surface area (Å²) in [4.78, 5) is 36.8. The van der Waals surface area contributed by atoms with Crippen LogP contribution < -0.4 is 15.6 Å². The molecule has 1 amide bonds. The van der Waals surface area contributed by atoms with Crippen molar-refractivity contribution < 1.29 is 9.53 Å². The van der Waals surface area contributed by atoms with Crippen molar-refractivity contribution in [2.24, 2.45) is 5.92 Å². The summed E-state index contributed by atoms with van der Waals surface area (Å²) < 4.78 is 5.71. The van der Waals surface area contributed by atoms with Crippen LogP contribution >= 0.6 is 0 Å². The number of amides is 1. The third-order valence-corrected chi connectivity index (χ3v) is 5.10. The van der Waals surface area contributed by atoms with Crippen molar-refractivity contribution >= 4 is 5.91 Å². The molecule has 7 heteroatoms. The highest BCUT2D eigenvalue weighted by Gasteiger charge is 2.24. The lowest BCUT2D eigenvalue weighted by molar-refractivity contribution is 0.0924. The minimum atomic E-state index is -0.425. The maximum Gasteiger partial charge on any atom is 0.251 e. The molecule has 30 heavy (non-hydrogen) atoms. The summed E-state index contributed by atoms with van der Waals surface area (Å²) >= 11 is 0. The molecule has 0 saturated carbocycles. The van der Waals surface area contributed by atoms with E-state index in [-0.39, 0.29) is 23.5 Å². The molecule has 2 atom stereocenters. The van der Waals surface area contributed by atoms with E-state index in [4.69, 9.17) is 4.74 Å². The van der Waals surface area contributed by atoms with Gasteiger partial charge in [0.25, 0.3) is 11.5 Å². The molecule has 0 radical (unpaired) electrons. The fourth-order valence-electron chi connectivity index (χ4n) is 3.63. The lowest BCUT2D eigenvalue weighted by Gasteiger charge is -2.22. The number of ether oxygens (including phenoxy) is 1. The van der Waals surface area contributed by atoms with E-state index in [1.807, 2.05) is 39.0 Å². The second-order valence-electron chi connectivity index (χ2n) is 7.88. The van der Waals surface area contributed by atoms with Crippen molar-refractivity contribution in [3.63, 3.8) is 0 Å². The molecule has 0 bridgehead atoms. The van der Waals surface area contributed by atoms with Crippen molar-refractivity contribution in [1.82, 2.24) is 20.3 Å². The number of pyridine rings is 1. The maximum absolute atomic E-state index is 13.0. The van der Waals surface area contributed by atoms with E-state index < -0.39 is 6.04 Å². The standard InChI is InChI=1S/C23H24N4O3/c1-13(2)21(18-12-20(28)26-22(25-18)17-6-4-5-9-24-17)27-23(29)15-7-8-19-16(11-15)10-14(3)30-19/h4-9,11-14,21H,10H2,1-3H3,(H,27,29)(H,25,26,28). The van der Waals surface area contributed by atoms with Crippen LogP contribution in [0.1, 0.15) is 48.4 Å². The molecule has 7 nitrogen and oxygen atoms in total. The summed E-state index contributed by atoms with van der Waals surface area (Å²) in [5.74, 6) is 1.02. The van der Waals surface area contributed by atoms with Gasteiger partial charge in [-0.1, -0.05) is 19.9 Å². The van der Waals surface area contributed by atoms with Crippen LogP contribution in [0.2, 0.25) is 0 Å². The normalized spacial score (nSPS) is 16.1. The molecular formula is C23H24N4O3. The second kappa shape index (κ2) is 8.10. The third kappa shape index (κ3) is 4.10. The first-order chi connectivity index (χ1) is 14.4. The first-order valence-corrected chi connectivity index (χ1v) is 10.0. The van der Waals surface area contributed by atoms with E-state index in [0.717, 1.165) is 17.7 Å². The summed E-state index contributed by atoms with van der Waals surface area (Å²) in [5.41, 5.74) is 2.37. The van der Waals surface area contributed by atoms with Crippen LogP contribution in [-0.2, 0) is 6.42 Å². The predicted molar refractivity (Wildman–Crippen MR) is 113 cm³/mol. The topological polar surface area (TPSA) is 97.0 Å². The summed E-state index contributed by atoms with van der Waals surface area (Å²) in [6.45, 7) is 5.96. The highest BCUT2D eigenvalue weighted by atomic mass is 16.5. The summed E-state index contributed by atoms with van der Waals surface area (Å²) in [6.07, 6.45) is 2.54. The number of rotatable bonds is 5. The summed E-state index contributed by atoms with van der Waals surface area (Å²) in [7, 11) is 0. The highest BCUT2D eigenvalue weighted by molar-refractivity contribution is 5.95. The monoisotopic (exact) mass is 404 g/mol. The van der Waals surface area contributed by atoms with Crippen molar-refractivity contribution in [1.29, 1.82) is 0 Å². The molecule has 3 heterocycles. The number of carbonyl (C=O) groups excluding carboxylic acids is 1. The number of hydrogen-bond donors (Lipinski definition) is 2. The Balaban J connectivity index is 1.62. The molecule has 0 spiro atoms. The number of carbonyl (C=O) groups is 1. The molecule has 0 aliphatic carbocycles. The number of aromatic amines is 1. The van der Waals surface area contributed by atoms with Crippen molar-refractivity contribution in [3.8, 4) is 17.3 Å². The van der Waals surface area contributed by atoms with Crippen molar-refractivity contribution in [2.75, 3.05) is 0 Å². The number of benzene rings is 1. The molecular weight excluding hydrogens is 380 g/mol. The Hall–Kier alpha value is -3.48. The Kier molecular flexibility index (Phi) is 5.35. The van der Waals surface area contributed by atoms with Gasteiger partial charge in [-0.15, -0.1) is 0 Å². The van der Waals surface area contributed by atoms with Crippen LogP contribution in [0, 0.1) is 5.92 Å². The zero-order valence-electron chi connectivity index (χ0n) is 17.2. The molecule has 1 aliphatic heterocycles. The molecule has 154 valence electrons. The van der Waals surface area contributed by atoms with Crippen LogP contribution in [0.4, 0.5) is 0 Å². The first kappa shape index (κ1) is 19.8. The number of hydrogen-bond acceptors (Lipinski definition) is 5. The number of nitrogens with one attached hydrogen (secondary N) is 2. The molecule has 1 aromatic carbocycles. The maximum atomic E-state index is 13.0. The number of fused-ring (bicyclic) bond motifs is 1. The SMILES string of the molecule is CC1Cc2cc(C(=O)NC(c3cc(=O)[nH]c(-c4ccccn4)n3)C(C)C)ccc2O1. The lowest BCUT2D eigenvalue weighted by atomic mass is 9.99. The average molecular weight is 404 g/mol. The van der Waals surface area contributed by atoms with E-state index in [1.54, 1.807) is 24.4 Å². The zero-order valence-corrected chi connectivity index (χ0v) is 17.2. The Morgan fingerprint density at radius 2 is 2.07 bits per heavy atom. The van der Waals surface area contributed by atoms with Gasteiger partial charge in [0.1, 0.15) is 17.5 Å². The fraction of sp³-hybridized carbons (Fsp3) is 0.304. The molecule has 0 saturated heterocycles. The molecule has 1 aliphatic rings. The molecule has 2 unspecified atom stereocenters. The van der Waals surface area contributed by atoms with Gasteiger partial charge < -0.3 is 15.0 Å². The Morgan fingerprint density at radius 1 is 1.23 bits per heavy atom. The van der Waals surface area contributed by atoms with Crippen LogP contribution in [0.5, 0.6) is 5.75 Å². The number of aromatic nitrogens is 3. The molecule has 0 fully saturated rings. The van der Waals surface area contributed by atoms with Gasteiger partial charge in [-0.2, -0.15) is 0 Å². The minimum absolute atomic E-state index is 0.0256. The Labute approximate surface area is 174 Å². The minimum Gasteiger partial charge on any atom is -0.490 e. The smallest absolute Gasteiger partial charge is 0.251 e. The van der Waals surface area contributed by atoms with Crippen molar-refractivity contribution in [2.45, 2.75) is 39.3 Å². The molecule has 2 aromatic heterocycles. The van der Waals surface area contributed by atoms with Crippen molar-refractivity contribution in [3.05, 3.63) is 75.8 Å². The predicted octanol–water partition coefficient (Wildman–Crippen LogP) is 3.28. The van der Waals surface area contributed by atoms with E-state index in [9.17, 15) is 9.59 Å². The Morgan fingerprint density at radius 3 is 2.80 bits per heavy atom. The van der Waals surface area contributed by atoms with Crippen LogP contribution in [0.15, 0.2) is 53.5 Å². The summed E-state index contributed by atoms with van der Waals surface area (Å²) in [5, 5.41) is 3.04. The van der Waals surface area contributed by atoms with Gasteiger partial charge in [0.15, 0.2) is 5.82 Å². The quantitative estimate of drug-likeness (QED) is 0.680. The van der Waals surface area contributed by atoms with Crippen LogP contribution in [-0.4, -0.2) is 27.0 Å². The molecule has 4 rings (SSSR count). The zero-order chi connectivity index (χ0) is 21.3. The van der Waals surface area contributed by atoms with Gasteiger partial charge in [-0.05, 0) is 48.7 Å². The lowest BCUT2D eigenvalue weighted by Crippen LogP contribution is -2.33. The largest absolute Gasteiger partial charge is 0.490 e. The van der Waals surface area contributed by atoms with E-state index in [1.165, 1.54) is 6.07 Å². The van der Waals surface area contributed by atoms with E-state index >= 15 is 0 Å². The second-order valence-corrected chi connectivity index (χ2v) is 7.88. The number of H-pyrrole nitrogens is 1. The first-order valence-electron chi connectivity index (χ1n) is 10.0. The number of nitrogens with zero attached hydrogens (tertiary/aromatic N) is 2. The van der Waals surface area contributed by atoms with Gasteiger partial charge >= 0.3 is 0 Å². The average Bonchev–Trinajstić information content (AvgIpc) is 3.11. The fourth-order valence-corrected chi connectivity index (χ4v) is 3.63. The van der Waals surface area contributed by atoms with Gasteiger partial charge in [-0.3, -0.25) is 14.6 Å². The highest BCUT2D eigenvalue weighted by Crippen LogP contribution is 2.30. The Bertz CT molecular complexity index is 1120. The molecule has 3 aromatic rings. The van der Waals surface area contributed by atoms with Crippen LogP contribution in [0.3, 0.4) is 0 Å². The summed E-state index contributed by atoms with van der Waals surface area (Å²) in [6, 6.07) is 11.9. The van der Waals surface area contributed by atoms with Gasteiger partial charge in [-0.25, -0.2) is 4.98 Å². The van der Waals surface area contributed by atoms with Crippen LogP contribution in [0.25, 0.3) is 11.5 Å². The van der Waals surface area contributed by atoms with Gasteiger partial charge in [0, 0.05) is 24.2 Å². The third-order valence-electron chi connectivity index (χ3n) is 5.10.